The number of hydrogen-bond acceptors (Lipinski definition) is 4. The fourth-order valence-electron chi connectivity index (χ4n) is 3.69. The zero-order valence-electron chi connectivity index (χ0n) is 14.2. The van der Waals surface area contributed by atoms with E-state index >= 15 is 0 Å². The molecule has 2 atom stereocenters. The van der Waals surface area contributed by atoms with Crippen LogP contribution in [0.15, 0.2) is 12.7 Å². The first-order valence-electron chi connectivity index (χ1n) is 9.11. The molecule has 1 aliphatic carbocycles. The molecule has 0 radical (unpaired) electrons. The Morgan fingerprint density at radius 3 is 2.70 bits per heavy atom. The monoisotopic (exact) mass is 324 g/mol. The van der Waals surface area contributed by atoms with Crippen LogP contribution >= 0.6 is 0 Å². The van der Waals surface area contributed by atoms with Crippen molar-refractivity contribution in [2.45, 2.75) is 69.6 Å². The number of likely N-dealkylation sites (tertiary alicyclic amines) is 1. The van der Waals surface area contributed by atoms with Gasteiger partial charge >= 0.3 is 0 Å². The van der Waals surface area contributed by atoms with E-state index in [0.717, 1.165) is 51.6 Å². The number of aliphatic hydroxyl groups is 1. The second-order valence-electron chi connectivity index (χ2n) is 6.76. The number of carbonyl (C=O) groups is 1. The Labute approximate surface area is 140 Å². The minimum Gasteiger partial charge on any atom is -0.391 e. The average Bonchev–Trinajstić information content (AvgIpc) is 2.56. The first kappa shape index (κ1) is 18.4. The molecule has 1 saturated heterocycles. The zero-order chi connectivity index (χ0) is 16.5. The van der Waals surface area contributed by atoms with E-state index in [1.54, 1.807) is 6.08 Å². The number of rotatable bonds is 8. The highest BCUT2D eigenvalue weighted by Crippen LogP contribution is 2.25. The predicted molar refractivity (Wildman–Crippen MR) is 91.3 cm³/mol. The molecule has 1 heterocycles. The van der Waals surface area contributed by atoms with Gasteiger partial charge in [-0.05, 0) is 32.1 Å². The fraction of sp³-hybridized carbons (Fsp3) is 0.833. The highest BCUT2D eigenvalue weighted by Gasteiger charge is 2.31. The van der Waals surface area contributed by atoms with Crippen LogP contribution in [-0.4, -0.2) is 60.4 Å². The van der Waals surface area contributed by atoms with E-state index in [9.17, 15) is 9.90 Å². The maximum absolute atomic E-state index is 11.9. The second-order valence-corrected chi connectivity index (χ2v) is 6.76. The van der Waals surface area contributed by atoms with Gasteiger partial charge in [0.15, 0.2) is 0 Å². The van der Waals surface area contributed by atoms with Gasteiger partial charge in [0.05, 0.1) is 12.7 Å². The number of piperidine rings is 1. The van der Waals surface area contributed by atoms with Gasteiger partial charge < -0.3 is 15.2 Å². The lowest BCUT2D eigenvalue weighted by molar-refractivity contribution is -0.122. The van der Waals surface area contributed by atoms with Crippen LogP contribution in [-0.2, 0) is 9.53 Å². The first-order valence-corrected chi connectivity index (χ1v) is 9.11. The van der Waals surface area contributed by atoms with Crippen LogP contribution in [0.5, 0.6) is 0 Å². The second kappa shape index (κ2) is 10.1. The molecule has 1 amide bonds. The lowest BCUT2D eigenvalue weighted by Gasteiger charge is -2.41. The summed E-state index contributed by atoms with van der Waals surface area (Å²) in [5, 5.41) is 13.3. The van der Waals surface area contributed by atoms with Crippen molar-refractivity contribution < 1.29 is 14.6 Å². The number of nitrogens with one attached hydrogen (secondary N) is 1. The molecule has 132 valence electrons. The molecule has 2 N–H and O–H groups in total. The van der Waals surface area contributed by atoms with Gasteiger partial charge in [0.2, 0.25) is 5.91 Å². The standard InChI is InChI=1S/C18H32N2O3/c1-2-13-23-14-5-8-18(22)19-15-9-11-20(12-10-15)16-6-3-4-7-17(16)21/h2,15-17,21H,1,3-14H2,(H,19,22). The number of nitrogens with zero attached hydrogens (tertiary/aromatic N) is 1. The first-order chi connectivity index (χ1) is 11.2. The summed E-state index contributed by atoms with van der Waals surface area (Å²) < 4.78 is 5.29. The van der Waals surface area contributed by atoms with Crippen LogP contribution in [0, 0.1) is 0 Å². The molecule has 2 fully saturated rings. The van der Waals surface area contributed by atoms with Gasteiger partial charge in [-0.1, -0.05) is 18.9 Å². The highest BCUT2D eigenvalue weighted by molar-refractivity contribution is 5.76. The molecule has 0 bridgehead atoms. The molecule has 0 aromatic heterocycles. The Kier molecular flexibility index (Phi) is 8.06. The SMILES string of the molecule is C=CCOCCCC(=O)NC1CCN(C2CCCCC2O)CC1. The number of carbonyl (C=O) groups excluding carboxylic acids is 1. The smallest absolute Gasteiger partial charge is 0.220 e. The van der Waals surface area contributed by atoms with Gasteiger partial charge in [0.1, 0.15) is 0 Å². The Balaban J connectivity index is 1.60. The van der Waals surface area contributed by atoms with E-state index in [1.165, 1.54) is 6.42 Å². The molecule has 0 spiro atoms. The lowest BCUT2D eigenvalue weighted by atomic mass is 9.89. The third kappa shape index (κ3) is 6.24. The number of hydrogen-bond donors (Lipinski definition) is 2. The maximum Gasteiger partial charge on any atom is 0.220 e. The Hall–Kier alpha value is -0.910. The minimum absolute atomic E-state index is 0.128. The van der Waals surface area contributed by atoms with Gasteiger partial charge in [-0.3, -0.25) is 9.69 Å². The molecule has 23 heavy (non-hydrogen) atoms. The van der Waals surface area contributed by atoms with Crippen LogP contribution in [0.1, 0.15) is 51.4 Å². The Morgan fingerprint density at radius 1 is 1.26 bits per heavy atom. The van der Waals surface area contributed by atoms with Gasteiger partial charge in [-0.15, -0.1) is 6.58 Å². The predicted octanol–water partition coefficient (Wildman–Crippen LogP) is 1.85. The van der Waals surface area contributed by atoms with E-state index in [1.807, 2.05) is 0 Å². The lowest BCUT2D eigenvalue weighted by Crippen LogP contribution is -2.52. The average molecular weight is 324 g/mol. The molecule has 2 unspecified atom stereocenters. The van der Waals surface area contributed by atoms with Gasteiger partial charge in [-0.25, -0.2) is 0 Å². The molecule has 5 heteroatoms. The van der Waals surface area contributed by atoms with Crippen LogP contribution in [0.4, 0.5) is 0 Å². The molecule has 1 aliphatic heterocycles. The van der Waals surface area contributed by atoms with Crippen LogP contribution in [0.2, 0.25) is 0 Å². The summed E-state index contributed by atoms with van der Waals surface area (Å²) in [4.78, 5) is 14.4. The third-order valence-corrected chi connectivity index (χ3v) is 4.99. The van der Waals surface area contributed by atoms with Crippen molar-refractivity contribution in [1.29, 1.82) is 0 Å². The van der Waals surface area contributed by atoms with Crippen LogP contribution < -0.4 is 5.32 Å². The number of aliphatic hydroxyl groups excluding tert-OH is 1. The van der Waals surface area contributed by atoms with Gasteiger partial charge in [-0.2, -0.15) is 0 Å². The van der Waals surface area contributed by atoms with Crippen molar-refractivity contribution in [1.82, 2.24) is 10.2 Å². The summed E-state index contributed by atoms with van der Waals surface area (Å²) in [7, 11) is 0. The van der Waals surface area contributed by atoms with E-state index in [-0.39, 0.29) is 18.1 Å². The van der Waals surface area contributed by atoms with Crippen LogP contribution in [0.3, 0.4) is 0 Å². The number of amides is 1. The largest absolute Gasteiger partial charge is 0.391 e. The number of ether oxygens (including phenoxy) is 1. The quantitative estimate of drug-likeness (QED) is 0.528. The molecule has 2 aliphatic rings. The Bertz CT molecular complexity index is 367. The van der Waals surface area contributed by atoms with Crippen molar-refractivity contribution in [3.05, 3.63) is 12.7 Å². The van der Waals surface area contributed by atoms with E-state index in [4.69, 9.17) is 4.74 Å². The third-order valence-electron chi connectivity index (χ3n) is 4.99. The highest BCUT2D eigenvalue weighted by atomic mass is 16.5. The van der Waals surface area contributed by atoms with E-state index in [2.05, 4.69) is 16.8 Å². The van der Waals surface area contributed by atoms with E-state index in [0.29, 0.717) is 25.7 Å². The Morgan fingerprint density at radius 2 is 2.00 bits per heavy atom. The van der Waals surface area contributed by atoms with Crippen molar-refractivity contribution >= 4 is 5.91 Å². The van der Waals surface area contributed by atoms with Crippen molar-refractivity contribution in [3.63, 3.8) is 0 Å². The molecule has 0 aromatic rings. The normalized spacial score (nSPS) is 26.8. The summed E-state index contributed by atoms with van der Waals surface area (Å²) in [5.74, 6) is 0.128. The fourth-order valence-corrected chi connectivity index (χ4v) is 3.69. The molecule has 0 aromatic carbocycles. The summed E-state index contributed by atoms with van der Waals surface area (Å²) in [6, 6.07) is 0.621. The maximum atomic E-state index is 11.9. The molecular formula is C18H32N2O3. The van der Waals surface area contributed by atoms with Crippen molar-refractivity contribution in [2.24, 2.45) is 0 Å². The minimum atomic E-state index is -0.162. The topological polar surface area (TPSA) is 61.8 Å². The van der Waals surface area contributed by atoms with Crippen molar-refractivity contribution in [3.8, 4) is 0 Å². The molecule has 2 rings (SSSR count). The van der Waals surface area contributed by atoms with Gasteiger partial charge in [0.25, 0.3) is 0 Å². The van der Waals surface area contributed by atoms with Crippen LogP contribution in [0.25, 0.3) is 0 Å². The van der Waals surface area contributed by atoms with Crippen molar-refractivity contribution in [2.75, 3.05) is 26.3 Å². The summed E-state index contributed by atoms with van der Waals surface area (Å²) >= 11 is 0. The summed E-state index contributed by atoms with van der Waals surface area (Å²) in [6.45, 7) is 6.71. The summed E-state index contributed by atoms with van der Waals surface area (Å²) in [6.07, 6.45) is 9.25. The molecule has 1 saturated carbocycles. The van der Waals surface area contributed by atoms with Gasteiger partial charge in [0, 0.05) is 38.2 Å². The molecular weight excluding hydrogens is 292 g/mol. The zero-order valence-corrected chi connectivity index (χ0v) is 14.2. The molecule has 5 nitrogen and oxygen atoms in total. The summed E-state index contributed by atoms with van der Waals surface area (Å²) in [5.41, 5.74) is 0. The van der Waals surface area contributed by atoms with E-state index < -0.39 is 0 Å².